The first kappa shape index (κ1) is 18.1. The highest BCUT2D eigenvalue weighted by Gasteiger charge is 2.36. The highest BCUT2D eigenvalue weighted by molar-refractivity contribution is 6.51. The summed E-state index contributed by atoms with van der Waals surface area (Å²) in [4.78, 5) is 38.0. The number of Topliss-reactive ketones (excluding diaryl/α,β-unsaturated/α-hetero) is 1. The highest BCUT2D eigenvalue weighted by atomic mass is 19.1. The van der Waals surface area contributed by atoms with Gasteiger partial charge in [0.25, 0.3) is 11.7 Å². The molecular weight excluding hydrogens is 348 g/mol. The summed E-state index contributed by atoms with van der Waals surface area (Å²) < 4.78 is 34.4. The Labute approximate surface area is 148 Å². The third-order valence-electron chi connectivity index (χ3n) is 4.13. The lowest BCUT2D eigenvalue weighted by molar-refractivity contribution is -0.112. The number of rotatable bonds is 1. The second-order valence-electron chi connectivity index (χ2n) is 7.18. The van der Waals surface area contributed by atoms with Crippen LogP contribution < -0.4 is 10.2 Å². The number of nitrogens with one attached hydrogen (secondary N) is 1. The third-order valence-corrected chi connectivity index (χ3v) is 4.13. The van der Waals surface area contributed by atoms with Gasteiger partial charge in [-0.2, -0.15) is 0 Å². The Bertz CT molecular complexity index is 796. The first-order valence-corrected chi connectivity index (χ1v) is 8.19. The Morgan fingerprint density at radius 3 is 2.35 bits per heavy atom. The van der Waals surface area contributed by atoms with Crippen molar-refractivity contribution in [3.05, 3.63) is 23.3 Å². The minimum atomic E-state index is -0.982. The number of benzene rings is 1. The first-order valence-electron chi connectivity index (χ1n) is 8.19. The Hall–Kier alpha value is -2.71. The average molecular weight is 367 g/mol. The number of ketones is 1. The number of piperazine rings is 1. The van der Waals surface area contributed by atoms with E-state index in [1.807, 2.05) is 0 Å². The SMILES string of the molecule is CC(C)(C)OC(=O)N1CCN(c2c(F)cc3c(c2F)NC(=O)C3=O)CC1. The van der Waals surface area contributed by atoms with E-state index in [0.29, 0.717) is 0 Å². The molecule has 2 aliphatic heterocycles. The summed E-state index contributed by atoms with van der Waals surface area (Å²) in [6.07, 6.45) is -0.482. The summed E-state index contributed by atoms with van der Waals surface area (Å²) in [7, 11) is 0. The van der Waals surface area contributed by atoms with Crippen LogP contribution in [0.25, 0.3) is 0 Å². The topological polar surface area (TPSA) is 79.0 Å². The Morgan fingerprint density at radius 1 is 1.15 bits per heavy atom. The maximum atomic E-state index is 14.7. The summed E-state index contributed by atoms with van der Waals surface area (Å²) in [5.74, 6) is -3.84. The zero-order valence-electron chi connectivity index (χ0n) is 14.7. The van der Waals surface area contributed by atoms with Gasteiger partial charge in [-0.25, -0.2) is 13.6 Å². The molecule has 2 amide bonds. The number of nitrogens with zero attached hydrogens (tertiary/aromatic N) is 2. The highest BCUT2D eigenvalue weighted by Crippen LogP contribution is 2.36. The fourth-order valence-electron chi connectivity index (χ4n) is 2.93. The van der Waals surface area contributed by atoms with E-state index in [-0.39, 0.29) is 43.1 Å². The molecule has 7 nitrogen and oxygen atoms in total. The number of carbonyl (C=O) groups is 3. The van der Waals surface area contributed by atoms with Crippen LogP contribution in [0.1, 0.15) is 31.1 Å². The Morgan fingerprint density at radius 2 is 1.77 bits per heavy atom. The van der Waals surface area contributed by atoms with Crippen molar-refractivity contribution in [3.63, 3.8) is 0 Å². The summed E-state index contributed by atoms with van der Waals surface area (Å²) >= 11 is 0. The standard InChI is InChI=1S/C17H19F2N3O4/c1-17(2,3)26-16(25)22-6-4-21(5-7-22)13-10(18)8-9-12(11(13)19)20-15(24)14(9)23/h8H,4-7H2,1-3H3,(H,20,23,24). The van der Waals surface area contributed by atoms with E-state index in [2.05, 4.69) is 5.32 Å². The van der Waals surface area contributed by atoms with E-state index in [4.69, 9.17) is 4.74 Å². The van der Waals surface area contributed by atoms with Gasteiger partial charge >= 0.3 is 6.09 Å². The van der Waals surface area contributed by atoms with Crippen molar-refractivity contribution in [2.24, 2.45) is 0 Å². The van der Waals surface area contributed by atoms with E-state index in [1.54, 1.807) is 20.8 Å². The van der Waals surface area contributed by atoms with Gasteiger partial charge in [0, 0.05) is 26.2 Å². The van der Waals surface area contributed by atoms with Crippen LogP contribution in [-0.2, 0) is 9.53 Å². The molecule has 9 heteroatoms. The summed E-state index contributed by atoms with van der Waals surface area (Å²) in [6.45, 7) is 6.11. The van der Waals surface area contributed by atoms with Crippen molar-refractivity contribution in [2.45, 2.75) is 26.4 Å². The molecule has 1 aromatic carbocycles. The van der Waals surface area contributed by atoms with Gasteiger partial charge in [0.05, 0.1) is 11.3 Å². The largest absolute Gasteiger partial charge is 0.444 e. The monoisotopic (exact) mass is 367 g/mol. The fraction of sp³-hybridized carbons (Fsp3) is 0.471. The maximum absolute atomic E-state index is 14.7. The molecule has 0 bridgehead atoms. The van der Waals surface area contributed by atoms with E-state index in [9.17, 15) is 23.2 Å². The van der Waals surface area contributed by atoms with Crippen molar-refractivity contribution in [1.29, 1.82) is 0 Å². The second-order valence-corrected chi connectivity index (χ2v) is 7.18. The zero-order valence-corrected chi connectivity index (χ0v) is 14.7. The molecule has 1 N–H and O–H groups in total. The van der Waals surface area contributed by atoms with Crippen molar-refractivity contribution in [3.8, 4) is 0 Å². The van der Waals surface area contributed by atoms with Gasteiger partial charge in [-0.3, -0.25) is 9.59 Å². The smallest absolute Gasteiger partial charge is 0.410 e. The molecule has 0 aromatic heterocycles. The number of carbonyl (C=O) groups excluding carboxylic acids is 3. The molecule has 2 aliphatic rings. The van der Waals surface area contributed by atoms with Crippen LogP contribution in [0.15, 0.2) is 6.07 Å². The van der Waals surface area contributed by atoms with Gasteiger partial charge in [-0.05, 0) is 26.8 Å². The summed E-state index contributed by atoms with van der Waals surface area (Å²) in [5, 5.41) is 2.13. The molecule has 2 heterocycles. The average Bonchev–Trinajstić information content (AvgIpc) is 2.82. The van der Waals surface area contributed by atoms with Gasteiger partial charge in [0.1, 0.15) is 17.1 Å². The molecule has 0 spiro atoms. The van der Waals surface area contributed by atoms with Crippen LogP contribution in [0.3, 0.4) is 0 Å². The van der Waals surface area contributed by atoms with Gasteiger partial charge in [0.15, 0.2) is 5.82 Å². The lowest BCUT2D eigenvalue weighted by atomic mass is 10.1. The van der Waals surface area contributed by atoms with Gasteiger partial charge < -0.3 is 19.9 Å². The van der Waals surface area contributed by atoms with Crippen LogP contribution in [-0.4, -0.2) is 54.5 Å². The fourth-order valence-corrected chi connectivity index (χ4v) is 2.93. The minimum absolute atomic E-state index is 0.188. The Kier molecular flexibility index (Phi) is 4.33. The predicted molar refractivity (Wildman–Crippen MR) is 89.3 cm³/mol. The summed E-state index contributed by atoms with van der Waals surface area (Å²) in [6, 6.07) is 0.869. The molecule has 1 fully saturated rings. The number of halogens is 2. The van der Waals surface area contributed by atoms with Gasteiger partial charge in [0.2, 0.25) is 0 Å². The minimum Gasteiger partial charge on any atom is -0.444 e. The normalized spacial score (nSPS) is 17.3. The molecule has 1 saturated heterocycles. The third kappa shape index (κ3) is 3.21. The molecule has 0 atom stereocenters. The number of hydrogen-bond acceptors (Lipinski definition) is 5. The van der Waals surface area contributed by atoms with Crippen LogP contribution >= 0.6 is 0 Å². The summed E-state index contributed by atoms with van der Waals surface area (Å²) in [5.41, 5.74) is -1.55. The molecule has 26 heavy (non-hydrogen) atoms. The molecule has 0 aliphatic carbocycles. The van der Waals surface area contributed by atoms with Gasteiger partial charge in [-0.15, -0.1) is 0 Å². The molecule has 140 valence electrons. The van der Waals surface area contributed by atoms with E-state index < -0.39 is 35.0 Å². The number of ether oxygens (including phenoxy) is 1. The van der Waals surface area contributed by atoms with Crippen LogP contribution in [0.5, 0.6) is 0 Å². The first-order chi connectivity index (χ1) is 12.1. The number of amides is 2. The predicted octanol–water partition coefficient (Wildman–Crippen LogP) is 2.16. The molecule has 0 saturated carbocycles. The zero-order chi connectivity index (χ0) is 19.2. The van der Waals surface area contributed by atoms with Crippen LogP contribution in [0.2, 0.25) is 0 Å². The van der Waals surface area contributed by atoms with Crippen LogP contribution in [0, 0.1) is 11.6 Å². The Balaban J connectivity index is 1.77. The van der Waals surface area contributed by atoms with Crippen molar-refractivity contribution >= 4 is 29.2 Å². The molecular formula is C17H19F2N3O4. The second kappa shape index (κ2) is 6.22. The quantitative estimate of drug-likeness (QED) is 0.770. The number of fused-ring (bicyclic) bond motifs is 1. The van der Waals surface area contributed by atoms with E-state index >= 15 is 0 Å². The maximum Gasteiger partial charge on any atom is 0.410 e. The van der Waals surface area contributed by atoms with Crippen molar-refractivity contribution < 1.29 is 27.9 Å². The molecule has 0 radical (unpaired) electrons. The van der Waals surface area contributed by atoms with Crippen LogP contribution in [0.4, 0.5) is 25.0 Å². The van der Waals surface area contributed by atoms with E-state index in [1.165, 1.54) is 9.80 Å². The lowest BCUT2D eigenvalue weighted by Crippen LogP contribution is -2.50. The van der Waals surface area contributed by atoms with E-state index in [0.717, 1.165) is 6.07 Å². The van der Waals surface area contributed by atoms with Gasteiger partial charge in [-0.1, -0.05) is 0 Å². The number of anilines is 2. The molecule has 1 aromatic rings. The molecule has 3 rings (SSSR count). The lowest BCUT2D eigenvalue weighted by Gasteiger charge is -2.37. The number of hydrogen-bond donors (Lipinski definition) is 1. The van der Waals surface area contributed by atoms with Crippen molar-refractivity contribution in [1.82, 2.24) is 4.90 Å². The van der Waals surface area contributed by atoms with Crippen molar-refractivity contribution in [2.75, 3.05) is 36.4 Å². The molecule has 0 unspecified atom stereocenters.